The number of amides is 2. The third-order valence-electron chi connectivity index (χ3n) is 3.85. The van der Waals surface area contributed by atoms with E-state index in [1.807, 2.05) is 12.4 Å². The van der Waals surface area contributed by atoms with Crippen LogP contribution in [0.25, 0.3) is 0 Å². The van der Waals surface area contributed by atoms with E-state index in [1.54, 1.807) is 28.2 Å². The summed E-state index contributed by atoms with van der Waals surface area (Å²) in [7, 11) is 3.42. The van der Waals surface area contributed by atoms with Gasteiger partial charge < -0.3 is 14.5 Å². The van der Waals surface area contributed by atoms with Crippen molar-refractivity contribution < 1.29 is 14.3 Å². The van der Waals surface area contributed by atoms with Crippen molar-refractivity contribution in [2.45, 2.75) is 19.9 Å². The summed E-state index contributed by atoms with van der Waals surface area (Å²) in [5.74, 6) is -0.123. The van der Waals surface area contributed by atoms with Gasteiger partial charge in [-0.3, -0.25) is 9.59 Å². The molecule has 1 atom stereocenters. The van der Waals surface area contributed by atoms with Crippen LogP contribution in [0.5, 0.6) is 0 Å². The second-order valence-corrected chi connectivity index (χ2v) is 6.46. The summed E-state index contributed by atoms with van der Waals surface area (Å²) in [6.07, 6.45) is 0.316. The zero-order valence-corrected chi connectivity index (χ0v) is 13.6. The minimum Gasteiger partial charge on any atom is -0.383 e. The lowest BCUT2D eigenvalue weighted by Gasteiger charge is -2.21. The number of thiophene rings is 1. The van der Waals surface area contributed by atoms with Crippen molar-refractivity contribution in [2.75, 3.05) is 33.9 Å². The summed E-state index contributed by atoms with van der Waals surface area (Å²) < 4.78 is 4.99. The first-order valence-electron chi connectivity index (χ1n) is 7.07. The molecule has 5 nitrogen and oxygen atoms in total. The van der Waals surface area contributed by atoms with Crippen molar-refractivity contribution in [3.05, 3.63) is 21.9 Å². The van der Waals surface area contributed by atoms with Gasteiger partial charge in [-0.25, -0.2) is 0 Å². The molecule has 0 spiro atoms. The zero-order valence-electron chi connectivity index (χ0n) is 12.8. The molecule has 1 saturated heterocycles. The van der Waals surface area contributed by atoms with E-state index in [4.69, 9.17) is 4.74 Å². The number of methoxy groups -OCH3 is 1. The molecule has 1 aromatic heterocycles. The fourth-order valence-corrected chi connectivity index (χ4v) is 3.48. The van der Waals surface area contributed by atoms with E-state index >= 15 is 0 Å². The van der Waals surface area contributed by atoms with Gasteiger partial charge in [0.2, 0.25) is 11.8 Å². The van der Waals surface area contributed by atoms with Crippen LogP contribution in [0.15, 0.2) is 11.4 Å². The van der Waals surface area contributed by atoms with Gasteiger partial charge in [0.05, 0.1) is 19.1 Å². The monoisotopic (exact) mass is 310 g/mol. The number of aryl methyl sites for hydroxylation is 1. The summed E-state index contributed by atoms with van der Waals surface area (Å²) in [6.45, 7) is 4.25. The molecule has 0 radical (unpaired) electrons. The Morgan fingerprint density at radius 1 is 1.57 bits per heavy atom. The topological polar surface area (TPSA) is 49.9 Å². The Hall–Kier alpha value is -1.40. The molecule has 2 amide bonds. The van der Waals surface area contributed by atoms with Gasteiger partial charge in [0.1, 0.15) is 0 Å². The van der Waals surface area contributed by atoms with Gasteiger partial charge in [0.25, 0.3) is 0 Å². The lowest BCUT2D eigenvalue weighted by molar-refractivity contribution is -0.135. The van der Waals surface area contributed by atoms with Gasteiger partial charge >= 0.3 is 0 Å². The molecular formula is C15H22N2O3S. The van der Waals surface area contributed by atoms with Crippen LogP contribution in [0.1, 0.15) is 16.9 Å². The van der Waals surface area contributed by atoms with Crippen LogP contribution in [0.4, 0.5) is 0 Å². The predicted octanol–water partition coefficient (Wildman–Crippen LogP) is 1.51. The molecule has 6 heteroatoms. The number of rotatable bonds is 6. The highest BCUT2D eigenvalue weighted by Gasteiger charge is 2.35. The number of hydrogen-bond acceptors (Lipinski definition) is 4. The van der Waals surface area contributed by atoms with Gasteiger partial charge in [-0.15, -0.1) is 11.3 Å². The van der Waals surface area contributed by atoms with Crippen molar-refractivity contribution in [3.63, 3.8) is 0 Å². The summed E-state index contributed by atoms with van der Waals surface area (Å²) in [5, 5.41) is 2.04. The third kappa shape index (κ3) is 3.83. The predicted molar refractivity (Wildman–Crippen MR) is 82.1 cm³/mol. The first-order valence-corrected chi connectivity index (χ1v) is 7.95. The number of carbonyl (C=O) groups excluding carboxylic acids is 2. The minimum atomic E-state index is -0.223. The quantitative estimate of drug-likeness (QED) is 0.800. The Bertz CT molecular complexity index is 515. The molecule has 1 aliphatic rings. The highest BCUT2D eigenvalue weighted by molar-refractivity contribution is 7.10. The Morgan fingerprint density at radius 3 is 2.95 bits per heavy atom. The lowest BCUT2D eigenvalue weighted by Crippen LogP contribution is -2.35. The smallest absolute Gasteiger partial charge is 0.228 e. The Kier molecular flexibility index (Phi) is 5.36. The number of hydrogen-bond donors (Lipinski definition) is 0. The molecular weight excluding hydrogens is 288 g/mol. The Morgan fingerprint density at radius 2 is 2.33 bits per heavy atom. The molecule has 0 unspecified atom stereocenters. The molecule has 21 heavy (non-hydrogen) atoms. The molecule has 1 aliphatic heterocycles. The maximum atomic E-state index is 12.5. The standard InChI is InChI=1S/C15H22N2O3S/c1-11-4-7-21-13(11)10-16(2)15(19)12-8-14(18)17(9-12)5-6-20-3/h4,7,12H,5-6,8-10H2,1-3H3/t12-/m1/s1. The normalized spacial score (nSPS) is 18.3. The molecule has 0 aliphatic carbocycles. The maximum Gasteiger partial charge on any atom is 0.228 e. The zero-order chi connectivity index (χ0) is 15.4. The molecule has 1 fully saturated rings. The van der Waals surface area contributed by atoms with Crippen LogP contribution in [0, 0.1) is 12.8 Å². The van der Waals surface area contributed by atoms with Crippen LogP contribution in [0.2, 0.25) is 0 Å². The number of likely N-dealkylation sites (tertiary alicyclic amines) is 1. The van der Waals surface area contributed by atoms with E-state index < -0.39 is 0 Å². The minimum absolute atomic E-state index is 0.0473. The highest BCUT2D eigenvalue weighted by Crippen LogP contribution is 2.22. The van der Waals surface area contributed by atoms with E-state index in [2.05, 4.69) is 13.0 Å². The summed E-state index contributed by atoms with van der Waals surface area (Å²) in [4.78, 5) is 29.0. The first kappa shape index (κ1) is 16.0. The van der Waals surface area contributed by atoms with Gasteiger partial charge in [-0.05, 0) is 23.9 Å². The largest absolute Gasteiger partial charge is 0.383 e. The highest BCUT2D eigenvalue weighted by atomic mass is 32.1. The first-order chi connectivity index (χ1) is 10.0. The van der Waals surface area contributed by atoms with Crippen molar-refractivity contribution in [1.29, 1.82) is 0 Å². The molecule has 1 aromatic rings. The van der Waals surface area contributed by atoms with E-state index in [0.29, 0.717) is 32.7 Å². The van der Waals surface area contributed by atoms with Gasteiger partial charge in [-0.1, -0.05) is 0 Å². The van der Waals surface area contributed by atoms with Gasteiger partial charge in [0.15, 0.2) is 0 Å². The molecule has 116 valence electrons. The molecule has 0 saturated carbocycles. The van der Waals surface area contributed by atoms with Crippen molar-refractivity contribution in [3.8, 4) is 0 Å². The van der Waals surface area contributed by atoms with E-state index in [9.17, 15) is 9.59 Å². The second kappa shape index (κ2) is 7.04. The molecule has 0 N–H and O–H groups in total. The van der Waals surface area contributed by atoms with E-state index in [-0.39, 0.29) is 17.7 Å². The van der Waals surface area contributed by atoms with Crippen LogP contribution >= 0.6 is 11.3 Å². The summed E-state index contributed by atoms with van der Waals surface area (Å²) >= 11 is 1.66. The van der Waals surface area contributed by atoms with E-state index in [1.165, 1.54) is 10.4 Å². The fraction of sp³-hybridized carbons (Fsp3) is 0.600. The number of ether oxygens (including phenoxy) is 1. The third-order valence-corrected chi connectivity index (χ3v) is 4.86. The fourth-order valence-electron chi connectivity index (χ4n) is 2.53. The summed E-state index contributed by atoms with van der Waals surface area (Å²) in [5.41, 5.74) is 1.21. The van der Waals surface area contributed by atoms with Crippen LogP contribution in [-0.4, -0.2) is 55.5 Å². The lowest BCUT2D eigenvalue weighted by atomic mass is 10.1. The van der Waals surface area contributed by atoms with Crippen molar-refractivity contribution in [2.24, 2.45) is 5.92 Å². The number of nitrogens with zero attached hydrogens (tertiary/aromatic N) is 2. The van der Waals surface area contributed by atoms with E-state index in [0.717, 1.165) is 0 Å². The molecule has 2 heterocycles. The maximum absolute atomic E-state index is 12.5. The van der Waals surface area contributed by atoms with Crippen LogP contribution in [0.3, 0.4) is 0 Å². The van der Waals surface area contributed by atoms with Crippen molar-refractivity contribution >= 4 is 23.2 Å². The second-order valence-electron chi connectivity index (χ2n) is 5.45. The molecule has 0 bridgehead atoms. The van der Waals surface area contributed by atoms with Gasteiger partial charge in [-0.2, -0.15) is 0 Å². The SMILES string of the molecule is COCCN1C[C@H](C(=O)N(C)Cc2sccc2C)CC1=O. The molecule has 2 rings (SSSR count). The average Bonchev–Trinajstić information content (AvgIpc) is 3.02. The average molecular weight is 310 g/mol. The Balaban J connectivity index is 1.91. The van der Waals surface area contributed by atoms with Crippen LogP contribution < -0.4 is 0 Å². The summed E-state index contributed by atoms with van der Waals surface area (Å²) in [6, 6.07) is 2.06. The van der Waals surface area contributed by atoms with Crippen LogP contribution in [-0.2, 0) is 20.9 Å². The number of carbonyl (C=O) groups is 2. The van der Waals surface area contributed by atoms with Gasteiger partial charge in [0, 0.05) is 38.5 Å². The Labute approximate surface area is 129 Å². The van der Waals surface area contributed by atoms with Crippen molar-refractivity contribution in [1.82, 2.24) is 9.80 Å². The molecule has 0 aromatic carbocycles.